The number of nitrogens with two attached hydrogens (primary N) is 1. The van der Waals surface area contributed by atoms with Gasteiger partial charge < -0.3 is 15.9 Å². The van der Waals surface area contributed by atoms with Crippen molar-refractivity contribution in [2.24, 2.45) is 0 Å². The van der Waals surface area contributed by atoms with Crippen molar-refractivity contribution in [1.29, 1.82) is 0 Å². The maximum atomic E-state index is 12.7. The minimum absolute atomic E-state index is 0.0723. The fourth-order valence-corrected chi connectivity index (χ4v) is 4.84. The van der Waals surface area contributed by atoms with E-state index in [4.69, 9.17) is 5.73 Å². The summed E-state index contributed by atoms with van der Waals surface area (Å²) >= 11 is 1.37. The predicted octanol–water partition coefficient (Wildman–Crippen LogP) is 2.69. The van der Waals surface area contributed by atoms with E-state index in [1.54, 1.807) is 32.0 Å². The second-order valence-corrected chi connectivity index (χ2v) is 10.8. The van der Waals surface area contributed by atoms with Crippen molar-refractivity contribution in [2.75, 3.05) is 12.3 Å². The van der Waals surface area contributed by atoms with Gasteiger partial charge >= 0.3 is 0 Å². The first-order chi connectivity index (χ1) is 14.5. The van der Waals surface area contributed by atoms with Gasteiger partial charge in [-0.05, 0) is 57.0 Å². The quantitative estimate of drug-likeness (QED) is 0.404. The van der Waals surface area contributed by atoms with Gasteiger partial charge in [-0.25, -0.2) is 23.1 Å². The van der Waals surface area contributed by atoms with Crippen LogP contribution in [0.1, 0.15) is 30.7 Å². The van der Waals surface area contributed by atoms with Gasteiger partial charge in [-0.2, -0.15) is 0 Å². The second-order valence-electron chi connectivity index (χ2n) is 7.85. The van der Waals surface area contributed by atoms with Gasteiger partial charge in [0.2, 0.25) is 10.0 Å². The molecule has 0 amide bonds. The molecular weight excluding hydrogens is 436 g/mol. The third kappa shape index (κ3) is 5.66. The van der Waals surface area contributed by atoms with Gasteiger partial charge in [0.05, 0.1) is 33.9 Å². The largest absolute Gasteiger partial charge is 0.391 e. The number of aliphatic hydroxyl groups is 2. The summed E-state index contributed by atoms with van der Waals surface area (Å²) in [4.78, 5) is 10.5. The topological polar surface area (TPSA) is 138 Å². The van der Waals surface area contributed by atoms with Crippen LogP contribution < -0.4 is 10.5 Å². The fourth-order valence-electron chi connectivity index (χ4n) is 2.92. The molecule has 0 bridgehead atoms. The molecule has 0 atom stereocenters. The van der Waals surface area contributed by atoms with Crippen molar-refractivity contribution in [3.05, 3.63) is 47.0 Å². The summed E-state index contributed by atoms with van der Waals surface area (Å²) < 4.78 is 28.0. The van der Waals surface area contributed by atoms with Crippen LogP contribution in [0.4, 0.5) is 5.82 Å². The van der Waals surface area contributed by atoms with Crippen LogP contribution >= 0.6 is 11.3 Å². The van der Waals surface area contributed by atoms with Crippen molar-refractivity contribution in [3.8, 4) is 21.8 Å². The van der Waals surface area contributed by atoms with E-state index in [1.807, 2.05) is 13.0 Å². The van der Waals surface area contributed by atoms with E-state index in [-0.39, 0.29) is 30.3 Å². The first-order valence-electron chi connectivity index (χ1n) is 9.66. The van der Waals surface area contributed by atoms with Gasteiger partial charge in [0, 0.05) is 17.0 Å². The molecule has 2 heterocycles. The Balaban J connectivity index is 1.96. The molecule has 0 radical (unpaired) electrons. The standard InChI is InChI=1S/C21H26N4O4S2/c1-13-4-6-15(31(28,29)24-9-8-21(2,3)27)10-16(13)17-11-23-20(22)19(25-17)18-7-5-14(12-26)30-18/h4-7,10-11,24,26-27H,8-9,12H2,1-3H3,(H2,22,23). The number of aryl methyl sites for hydroxylation is 1. The number of aromatic nitrogens is 2. The molecule has 31 heavy (non-hydrogen) atoms. The smallest absolute Gasteiger partial charge is 0.240 e. The molecule has 0 saturated carbocycles. The minimum Gasteiger partial charge on any atom is -0.391 e. The van der Waals surface area contributed by atoms with E-state index in [9.17, 15) is 18.6 Å². The Kier molecular flexibility index (Phi) is 6.77. The number of sulfonamides is 1. The first kappa shape index (κ1) is 23.3. The van der Waals surface area contributed by atoms with Crippen LogP contribution in [-0.2, 0) is 16.6 Å². The molecule has 3 rings (SSSR count). The highest BCUT2D eigenvalue weighted by atomic mass is 32.2. The molecule has 0 aliphatic rings. The number of benzene rings is 1. The molecular formula is C21H26N4O4S2. The second kappa shape index (κ2) is 9.01. The third-order valence-electron chi connectivity index (χ3n) is 4.68. The van der Waals surface area contributed by atoms with E-state index < -0.39 is 15.6 Å². The van der Waals surface area contributed by atoms with Crippen LogP contribution in [0, 0.1) is 6.92 Å². The number of nitrogens with zero attached hydrogens (tertiary/aromatic N) is 2. The number of anilines is 1. The van der Waals surface area contributed by atoms with Crippen molar-refractivity contribution < 1.29 is 18.6 Å². The van der Waals surface area contributed by atoms with Gasteiger partial charge in [0.25, 0.3) is 0 Å². The average molecular weight is 463 g/mol. The molecule has 1 aromatic carbocycles. The minimum atomic E-state index is -3.76. The molecule has 166 valence electrons. The van der Waals surface area contributed by atoms with Crippen molar-refractivity contribution in [2.45, 2.75) is 44.3 Å². The lowest BCUT2D eigenvalue weighted by Crippen LogP contribution is -2.30. The van der Waals surface area contributed by atoms with Gasteiger partial charge in [0.1, 0.15) is 5.69 Å². The van der Waals surface area contributed by atoms with Gasteiger partial charge in [-0.3, -0.25) is 0 Å². The molecule has 3 aromatic rings. The van der Waals surface area contributed by atoms with Gasteiger partial charge in [0.15, 0.2) is 5.82 Å². The first-order valence-corrected chi connectivity index (χ1v) is 12.0. The van der Waals surface area contributed by atoms with Crippen LogP contribution in [0.3, 0.4) is 0 Å². The zero-order valence-corrected chi connectivity index (χ0v) is 19.2. The lowest BCUT2D eigenvalue weighted by Gasteiger charge is -2.17. The summed E-state index contributed by atoms with van der Waals surface area (Å²) in [5.41, 5.74) is 7.50. The van der Waals surface area contributed by atoms with E-state index in [2.05, 4.69) is 14.7 Å². The molecule has 0 fully saturated rings. The third-order valence-corrected chi connectivity index (χ3v) is 7.21. The van der Waals surface area contributed by atoms with Gasteiger partial charge in [-0.1, -0.05) is 6.07 Å². The fraction of sp³-hybridized carbons (Fsp3) is 0.333. The highest BCUT2D eigenvalue weighted by Crippen LogP contribution is 2.33. The Morgan fingerprint density at radius 2 is 1.97 bits per heavy atom. The summed E-state index contributed by atoms with van der Waals surface area (Å²) in [6.45, 7) is 5.16. The Labute approximate surface area is 185 Å². The lowest BCUT2D eigenvalue weighted by atomic mass is 10.1. The molecule has 5 N–H and O–H groups in total. The average Bonchev–Trinajstić information content (AvgIpc) is 3.16. The summed E-state index contributed by atoms with van der Waals surface area (Å²) in [5.74, 6) is 0.254. The zero-order chi connectivity index (χ0) is 22.8. The monoisotopic (exact) mass is 462 g/mol. The highest BCUT2D eigenvalue weighted by Gasteiger charge is 2.19. The van der Waals surface area contributed by atoms with E-state index in [0.29, 0.717) is 17.0 Å². The summed E-state index contributed by atoms with van der Waals surface area (Å²) in [5, 5.41) is 19.1. The number of nitrogen functional groups attached to an aromatic ring is 1. The van der Waals surface area contributed by atoms with Crippen LogP contribution in [0.25, 0.3) is 21.8 Å². The molecule has 0 saturated heterocycles. The summed E-state index contributed by atoms with van der Waals surface area (Å²) in [7, 11) is -3.76. The zero-order valence-electron chi connectivity index (χ0n) is 17.6. The Morgan fingerprint density at radius 3 is 2.61 bits per heavy atom. The van der Waals surface area contributed by atoms with Crippen molar-refractivity contribution in [1.82, 2.24) is 14.7 Å². The molecule has 0 unspecified atom stereocenters. The van der Waals surface area contributed by atoms with Gasteiger partial charge in [-0.15, -0.1) is 11.3 Å². The number of rotatable bonds is 8. The molecule has 0 aliphatic carbocycles. The number of thiophene rings is 1. The summed E-state index contributed by atoms with van der Waals surface area (Å²) in [6, 6.07) is 8.42. The SMILES string of the molecule is Cc1ccc(S(=O)(=O)NCCC(C)(C)O)cc1-c1cnc(N)c(-c2ccc(CO)s2)n1. The van der Waals surface area contributed by atoms with Crippen LogP contribution in [0.5, 0.6) is 0 Å². The van der Waals surface area contributed by atoms with Crippen molar-refractivity contribution in [3.63, 3.8) is 0 Å². The molecule has 0 aliphatic heterocycles. The maximum Gasteiger partial charge on any atom is 0.240 e. The van der Waals surface area contributed by atoms with E-state index in [0.717, 1.165) is 15.3 Å². The molecule has 2 aromatic heterocycles. The van der Waals surface area contributed by atoms with Crippen LogP contribution in [0.15, 0.2) is 41.4 Å². The summed E-state index contributed by atoms with van der Waals surface area (Å²) in [6.07, 6.45) is 1.80. The van der Waals surface area contributed by atoms with Crippen LogP contribution in [-0.4, -0.2) is 40.7 Å². The van der Waals surface area contributed by atoms with E-state index >= 15 is 0 Å². The maximum absolute atomic E-state index is 12.7. The molecule has 0 spiro atoms. The Morgan fingerprint density at radius 1 is 1.23 bits per heavy atom. The number of aliphatic hydroxyl groups excluding tert-OH is 1. The highest BCUT2D eigenvalue weighted by molar-refractivity contribution is 7.89. The normalized spacial score (nSPS) is 12.3. The van der Waals surface area contributed by atoms with Crippen LogP contribution in [0.2, 0.25) is 0 Å². The Bertz CT molecular complexity index is 1180. The molecule has 8 nitrogen and oxygen atoms in total. The Hall–Kier alpha value is -2.37. The number of hydrogen-bond donors (Lipinski definition) is 4. The lowest BCUT2D eigenvalue weighted by molar-refractivity contribution is 0.0728. The number of nitrogens with one attached hydrogen (secondary N) is 1. The predicted molar refractivity (Wildman–Crippen MR) is 122 cm³/mol. The van der Waals surface area contributed by atoms with Crippen molar-refractivity contribution >= 4 is 27.2 Å². The number of hydrogen-bond acceptors (Lipinski definition) is 8. The molecule has 10 heteroatoms. The van der Waals surface area contributed by atoms with E-state index in [1.165, 1.54) is 23.6 Å².